The first-order chi connectivity index (χ1) is 69.5. The molecule has 27 heteroatoms. The minimum Gasteiger partial charge on any atom is -0.497 e. The summed E-state index contributed by atoms with van der Waals surface area (Å²) in [5.41, 5.74) is 31.9. The predicted octanol–water partition coefficient (Wildman–Crippen LogP) is 25.7. The zero-order valence-electron chi connectivity index (χ0n) is 81.2. The number of nitrogen functional groups attached to an aromatic ring is 1. The van der Waals surface area contributed by atoms with Crippen molar-refractivity contribution in [2.45, 2.75) is 99.1 Å². The number of nitrogens with one attached hydrogen (secondary N) is 3. The Balaban J connectivity index is 0.000000123. The first-order valence-electron chi connectivity index (χ1n) is 46.9. The quantitative estimate of drug-likeness (QED) is 0.0547. The zero-order valence-corrected chi connectivity index (χ0v) is 83.5. The standard InChI is InChI=1S/C21H19N3O.C20H17N3O.C20H19N3O.C20H18N2O2.C18H16ClN3O2S.C17H14ClN3/c1-4-24-20-12-16(25-3)6-7-17(20)18(13-22)21(24)15-5-8-19-14(11-15)9-10-23(19)2;1-3-23-19-11-14(24-2)8-9-15(19)16(12-21)20(23)18-10-13-6-4-5-7-17(13)22-18;1-3-22-20(24)15-11-9-14(10-12-15)19-17(13-21)16-7-5-6-8-18(16)23(19)4-2;1-3-22-18-11-15(23-2)5-6-16(18)17(12-21)20(22)14-4-7-19-13(10-14)8-9-24-19;1-3-22-17-9-6-13(19)10-15(17)16(11-20)18(22)12-4-7-14(8-5-12)25(23,24)21-2;1-2-21-16-7-6-12(18)9-14(16)15(10-19)17(21)11-4-3-5-13(20)8-11/h5-12H,4H2,1-3H3;4-11,22H,3H2,1-2H3;5-12H,3-4H2,1-2H3,(H,22,24);4-7,10-11H,3,8-9H2,1-2H3;4-10,21H,3H2,1-2H3;3-9H,2,20H2,1H3. The molecule has 24 nitrogen and oxygen atoms in total. The summed E-state index contributed by atoms with van der Waals surface area (Å²) >= 11 is 12.2. The largest absolute Gasteiger partial charge is 0.497 e. The van der Waals surface area contributed by atoms with Crippen LogP contribution < -0.4 is 34.7 Å². The highest BCUT2D eigenvalue weighted by molar-refractivity contribution is 7.89. The molecule has 0 spiro atoms. The highest BCUT2D eigenvalue weighted by Gasteiger charge is 2.28. The van der Waals surface area contributed by atoms with Crippen molar-refractivity contribution in [2.24, 2.45) is 7.05 Å². The lowest BCUT2D eigenvalue weighted by molar-refractivity contribution is 0.0955. The molecular weight excluding hydrogens is 1850 g/mol. The molecule has 21 rings (SSSR count). The van der Waals surface area contributed by atoms with E-state index in [-0.39, 0.29) is 10.8 Å². The number of H-pyrrole nitrogens is 1. The van der Waals surface area contributed by atoms with Crippen molar-refractivity contribution in [1.82, 2.24) is 47.0 Å². The van der Waals surface area contributed by atoms with Crippen molar-refractivity contribution in [3.05, 3.63) is 322 Å². The number of para-hydroxylation sites is 2. The lowest BCUT2D eigenvalue weighted by Crippen LogP contribution is -2.22. The molecule has 0 bridgehead atoms. The van der Waals surface area contributed by atoms with Gasteiger partial charge >= 0.3 is 0 Å². The number of carbonyl (C=O) groups is 1. The Labute approximate surface area is 839 Å². The van der Waals surface area contributed by atoms with Crippen LogP contribution in [0.15, 0.2) is 272 Å². The molecule has 1 amide bonds. The first-order valence-corrected chi connectivity index (χ1v) is 49.2. The number of fused-ring (bicyclic) bond motifs is 9. The van der Waals surface area contributed by atoms with Crippen LogP contribution in [-0.4, -0.2) is 92.8 Å². The van der Waals surface area contributed by atoms with Gasteiger partial charge in [0.05, 0.1) is 123 Å². The van der Waals surface area contributed by atoms with E-state index in [1.165, 1.54) is 35.6 Å². The summed E-state index contributed by atoms with van der Waals surface area (Å²) in [6.07, 6.45) is 2.98. The average molecular weight is 1950 g/mol. The number of sulfonamides is 1. The molecule has 9 heterocycles. The monoisotopic (exact) mass is 1950 g/mol. The van der Waals surface area contributed by atoms with Crippen LogP contribution >= 0.6 is 23.2 Å². The molecule has 20 aromatic rings. The number of nitriles is 6. The number of nitrogens with zero attached hydrogens (tertiary/aromatic N) is 13. The van der Waals surface area contributed by atoms with Crippen LogP contribution in [0.25, 0.3) is 155 Å². The fourth-order valence-corrected chi connectivity index (χ4v) is 20.4. The van der Waals surface area contributed by atoms with Gasteiger partial charge in [0.2, 0.25) is 10.0 Å². The highest BCUT2D eigenvalue weighted by atomic mass is 35.5. The Morgan fingerprint density at radius 2 is 0.825 bits per heavy atom. The van der Waals surface area contributed by atoms with Crippen molar-refractivity contribution >= 4 is 132 Å². The molecule has 0 saturated carbocycles. The van der Waals surface area contributed by atoms with E-state index < -0.39 is 10.0 Å². The summed E-state index contributed by atoms with van der Waals surface area (Å²) in [6, 6.07) is 97.3. The molecule has 0 saturated heterocycles. The van der Waals surface area contributed by atoms with Crippen molar-refractivity contribution < 1.29 is 32.2 Å². The van der Waals surface area contributed by atoms with Crippen molar-refractivity contribution in [3.8, 4) is 127 Å². The lowest BCUT2D eigenvalue weighted by Gasteiger charge is -2.10. The fourth-order valence-electron chi connectivity index (χ4n) is 19.4. The fraction of sp³-hybridized carbons (Fsp3) is 0.181. The predicted molar refractivity (Wildman–Crippen MR) is 572 cm³/mol. The Morgan fingerprint density at radius 3 is 1.30 bits per heavy atom. The van der Waals surface area contributed by atoms with Crippen molar-refractivity contribution in [3.63, 3.8) is 0 Å². The minimum absolute atomic E-state index is 0.0828. The molecule has 0 aliphatic carbocycles. The molecule has 5 N–H and O–H groups in total. The van der Waals surface area contributed by atoms with E-state index in [4.69, 9.17) is 47.9 Å². The van der Waals surface area contributed by atoms with Crippen molar-refractivity contribution in [2.75, 3.05) is 47.3 Å². The van der Waals surface area contributed by atoms with Gasteiger partial charge in [-0.15, -0.1) is 0 Å². The van der Waals surface area contributed by atoms with E-state index in [9.17, 15) is 44.8 Å². The van der Waals surface area contributed by atoms with Gasteiger partial charge in [-0.3, -0.25) is 4.79 Å². The molecule has 8 aromatic heterocycles. The van der Waals surface area contributed by atoms with Crippen LogP contribution in [0.4, 0.5) is 5.69 Å². The maximum absolute atomic E-state index is 11.9. The number of carbonyl (C=O) groups excluding carboxylic acids is 1. The number of halogens is 2. The van der Waals surface area contributed by atoms with E-state index in [1.807, 2.05) is 195 Å². The molecule has 0 fully saturated rings. The van der Waals surface area contributed by atoms with Gasteiger partial charge in [-0.1, -0.05) is 102 Å². The minimum atomic E-state index is -3.50. The summed E-state index contributed by atoms with van der Waals surface area (Å²) in [7, 11) is 4.89. The molecule has 12 aromatic carbocycles. The lowest BCUT2D eigenvalue weighted by atomic mass is 10.0. The van der Waals surface area contributed by atoms with E-state index in [0.29, 0.717) is 62.2 Å². The summed E-state index contributed by atoms with van der Waals surface area (Å²) in [6.45, 7) is 20.2. The van der Waals surface area contributed by atoms with Gasteiger partial charge in [0.1, 0.15) is 59.4 Å². The van der Waals surface area contributed by atoms with Crippen molar-refractivity contribution in [1.29, 1.82) is 31.6 Å². The summed E-state index contributed by atoms with van der Waals surface area (Å²) < 4.78 is 62.7. The zero-order chi connectivity index (χ0) is 101. The number of aryl methyl sites for hydroxylation is 7. The van der Waals surface area contributed by atoms with Crippen LogP contribution in [0, 0.1) is 68.0 Å². The highest BCUT2D eigenvalue weighted by Crippen LogP contribution is 2.44. The third kappa shape index (κ3) is 19.0. The number of amides is 1. The summed E-state index contributed by atoms with van der Waals surface area (Å²) in [5.74, 6) is 3.27. The van der Waals surface area contributed by atoms with Gasteiger partial charge in [0, 0.05) is 192 Å². The number of methoxy groups -OCH3 is 3. The maximum Gasteiger partial charge on any atom is 0.251 e. The number of hydrogen-bond donors (Lipinski definition) is 4. The molecule has 0 radical (unpaired) electrons. The second kappa shape index (κ2) is 43.1. The molecule has 0 unspecified atom stereocenters. The Morgan fingerprint density at radius 1 is 0.413 bits per heavy atom. The first kappa shape index (κ1) is 98.9. The van der Waals surface area contributed by atoms with Gasteiger partial charge < -0.3 is 67.0 Å². The van der Waals surface area contributed by atoms with Gasteiger partial charge in [0.15, 0.2) is 0 Å². The normalized spacial score (nSPS) is 11.3. The number of rotatable bonds is 19. The smallest absolute Gasteiger partial charge is 0.251 e. The van der Waals surface area contributed by atoms with Crippen LogP contribution in [0.2, 0.25) is 10.0 Å². The Bertz CT molecular complexity index is 8690. The second-order valence-corrected chi connectivity index (χ2v) is 36.4. The van der Waals surface area contributed by atoms with E-state index in [1.54, 1.807) is 57.7 Å². The number of benzene rings is 12. The number of ether oxygens (including phenoxy) is 4. The molecule has 1 aliphatic heterocycles. The van der Waals surface area contributed by atoms with Gasteiger partial charge in [-0.2, -0.15) is 31.6 Å². The number of aromatic amines is 1. The Hall–Kier alpha value is -17.1. The third-order valence-electron chi connectivity index (χ3n) is 25.9. The molecule has 714 valence electrons. The number of aromatic nitrogens is 8. The van der Waals surface area contributed by atoms with Crippen LogP contribution in [0.5, 0.6) is 23.0 Å². The number of anilines is 1. The number of hydrogen-bond acceptors (Lipinski definition) is 14. The third-order valence-corrected chi connectivity index (χ3v) is 27.8. The van der Waals surface area contributed by atoms with E-state index >= 15 is 0 Å². The van der Waals surface area contributed by atoms with E-state index in [0.717, 1.165) is 218 Å². The Kier molecular flexibility index (Phi) is 29.8. The average Bonchev–Trinajstić information content (AvgIpc) is 1.59. The summed E-state index contributed by atoms with van der Waals surface area (Å²) in [4.78, 5) is 15.5. The molecule has 1 aliphatic rings. The topological polar surface area (TPSA) is 331 Å². The SMILES string of the molecule is CCNC(=O)c1ccc(-c2c(C#N)c3ccccc3n2CC)cc1.CCn1c(-c2cc3ccccc3[nH]2)c(C#N)c2ccc(OC)cc21.CCn1c(-c2ccc(S(=O)(=O)NC)cc2)c(C#N)c2cc(Cl)ccc21.CCn1c(-c2ccc3c(c2)CCO3)c(C#N)c2ccc(OC)cc21.CCn1c(-c2ccc3c(ccn3C)c2)c(C#N)c2ccc(OC)cc21.CCn1c(-c2cccc(N)c2)c(C#N)c2cc(Cl)ccc21. The molecule has 143 heavy (non-hydrogen) atoms. The van der Waals surface area contributed by atoms with Gasteiger partial charge in [0.25, 0.3) is 5.91 Å². The van der Waals surface area contributed by atoms with Gasteiger partial charge in [-0.25, -0.2) is 13.1 Å². The van der Waals surface area contributed by atoms with Crippen LogP contribution in [0.3, 0.4) is 0 Å². The van der Waals surface area contributed by atoms with Gasteiger partial charge in [-0.05, 0) is 236 Å². The number of nitrogens with two attached hydrogens (primary N) is 1. The second-order valence-electron chi connectivity index (χ2n) is 33.7. The van der Waals surface area contributed by atoms with E-state index in [2.05, 4.69) is 162 Å². The van der Waals surface area contributed by atoms with Crippen LogP contribution in [-0.2, 0) is 62.8 Å². The maximum atomic E-state index is 11.9. The molecular formula is C116H103Cl2N17O7S. The van der Waals surface area contributed by atoms with Crippen LogP contribution in [0.1, 0.15) is 97.8 Å². The summed E-state index contributed by atoms with van der Waals surface area (Å²) in [5, 5.41) is 70.2. The molecule has 0 atom stereocenters.